The van der Waals surface area contributed by atoms with Crippen LogP contribution in [0.4, 0.5) is 10.1 Å². The van der Waals surface area contributed by atoms with Gasteiger partial charge in [-0.15, -0.1) is 5.10 Å². The van der Waals surface area contributed by atoms with Crippen LogP contribution >= 0.6 is 12.2 Å². The van der Waals surface area contributed by atoms with Crippen molar-refractivity contribution in [3.8, 4) is 11.4 Å². The summed E-state index contributed by atoms with van der Waals surface area (Å²) in [5.74, 6) is 0.757. The standard InChI is InChI=1S/C21H23FN6S/c22-17-1-3-18(4-2-17)26-13-11-25(12-14-26)15-27-21(29)28(19-5-6-19)20(24-27)16-7-9-23-10-8-16/h1-4,7-10,19H,5-6,11-15H2/p+1. The first-order valence-corrected chi connectivity index (χ1v) is 10.5. The van der Waals surface area contributed by atoms with Crippen LogP contribution in [0.5, 0.6) is 0 Å². The highest BCUT2D eigenvalue weighted by molar-refractivity contribution is 7.71. The maximum atomic E-state index is 13.2. The molecule has 2 fully saturated rings. The Balaban J connectivity index is 1.31. The fraction of sp³-hybridized carbons (Fsp3) is 0.381. The maximum Gasteiger partial charge on any atom is 0.203 e. The first-order valence-electron chi connectivity index (χ1n) is 10.1. The molecule has 1 aliphatic heterocycles. The Morgan fingerprint density at radius 1 is 1.03 bits per heavy atom. The Bertz CT molecular complexity index is 1030. The van der Waals surface area contributed by atoms with Crippen LogP contribution in [0.2, 0.25) is 0 Å². The molecule has 0 amide bonds. The smallest absolute Gasteiger partial charge is 0.203 e. The number of rotatable bonds is 5. The highest BCUT2D eigenvalue weighted by Gasteiger charge is 2.30. The van der Waals surface area contributed by atoms with E-state index in [9.17, 15) is 4.39 Å². The largest absolute Gasteiger partial charge is 0.360 e. The molecule has 3 aromatic rings. The van der Waals surface area contributed by atoms with Gasteiger partial charge in [0.2, 0.25) is 4.77 Å². The lowest BCUT2D eigenvalue weighted by atomic mass is 10.2. The topological polar surface area (TPSA) is 43.3 Å². The van der Waals surface area contributed by atoms with E-state index < -0.39 is 0 Å². The van der Waals surface area contributed by atoms with Crippen LogP contribution in [0.3, 0.4) is 0 Å². The first-order chi connectivity index (χ1) is 14.2. The van der Waals surface area contributed by atoms with Crippen LogP contribution in [0.1, 0.15) is 18.9 Å². The van der Waals surface area contributed by atoms with E-state index in [1.54, 1.807) is 12.4 Å². The number of hydrogen-bond donors (Lipinski definition) is 1. The summed E-state index contributed by atoms with van der Waals surface area (Å²) in [6.45, 7) is 4.65. The molecule has 8 heteroatoms. The van der Waals surface area contributed by atoms with E-state index in [4.69, 9.17) is 17.3 Å². The van der Waals surface area contributed by atoms with Crippen LogP contribution in [0.25, 0.3) is 11.4 Å². The summed E-state index contributed by atoms with van der Waals surface area (Å²) in [5.41, 5.74) is 2.15. The SMILES string of the molecule is Fc1ccc(N2CC[NH+](Cn3nc(-c4ccncc4)n(C4CC4)c3=S)CC2)cc1. The van der Waals surface area contributed by atoms with Crippen molar-refractivity contribution in [2.24, 2.45) is 0 Å². The molecule has 0 atom stereocenters. The van der Waals surface area contributed by atoms with Gasteiger partial charge in [-0.05, 0) is 61.5 Å². The summed E-state index contributed by atoms with van der Waals surface area (Å²) in [7, 11) is 0. The summed E-state index contributed by atoms with van der Waals surface area (Å²) in [4.78, 5) is 7.89. The number of quaternary nitrogens is 1. The fourth-order valence-electron chi connectivity index (χ4n) is 3.99. The molecule has 0 bridgehead atoms. The highest BCUT2D eigenvalue weighted by atomic mass is 32.1. The molecule has 1 aromatic carbocycles. The zero-order valence-corrected chi connectivity index (χ0v) is 17.0. The zero-order valence-electron chi connectivity index (χ0n) is 16.2. The number of nitrogens with one attached hydrogen (secondary N) is 1. The van der Waals surface area contributed by atoms with Gasteiger partial charge in [0.05, 0.1) is 26.2 Å². The van der Waals surface area contributed by atoms with Gasteiger partial charge in [0, 0.05) is 29.7 Å². The monoisotopic (exact) mass is 411 g/mol. The normalized spacial score (nSPS) is 17.6. The van der Waals surface area contributed by atoms with Crippen molar-refractivity contribution < 1.29 is 9.29 Å². The Kier molecular flexibility index (Phi) is 4.89. The molecule has 1 saturated heterocycles. The third kappa shape index (κ3) is 3.82. The number of halogens is 1. The third-order valence-corrected chi connectivity index (χ3v) is 6.16. The molecule has 5 rings (SSSR count). The molecule has 3 heterocycles. The average molecular weight is 412 g/mol. The van der Waals surface area contributed by atoms with Crippen molar-refractivity contribution in [2.45, 2.75) is 25.6 Å². The number of aromatic nitrogens is 4. The van der Waals surface area contributed by atoms with Crippen LogP contribution in [0.15, 0.2) is 48.8 Å². The number of benzene rings is 1. The van der Waals surface area contributed by atoms with E-state index in [1.807, 2.05) is 28.9 Å². The zero-order chi connectivity index (χ0) is 19.8. The fourth-order valence-corrected chi connectivity index (χ4v) is 4.33. The summed E-state index contributed by atoms with van der Waals surface area (Å²) < 4.78 is 18.2. The Morgan fingerprint density at radius 3 is 2.38 bits per heavy atom. The van der Waals surface area contributed by atoms with E-state index in [0.29, 0.717) is 6.04 Å². The summed E-state index contributed by atoms with van der Waals surface area (Å²) in [6, 6.07) is 11.2. The van der Waals surface area contributed by atoms with Crippen molar-refractivity contribution >= 4 is 17.9 Å². The molecule has 0 spiro atoms. The van der Waals surface area contributed by atoms with Crippen LogP contribution in [-0.4, -0.2) is 45.5 Å². The predicted octanol–water partition coefficient (Wildman–Crippen LogP) is 2.31. The molecule has 1 N–H and O–H groups in total. The minimum absolute atomic E-state index is 0.191. The molecular weight excluding hydrogens is 387 g/mol. The van der Waals surface area contributed by atoms with Gasteiger partial charge in [0.1, 0.15) is 5.82 Å². The molecular formula is C21H24FN6S+. The van der Waals surface area contributed by atoms with Crippen LogP contribution < -0.4 is 9.80 Å². The summed E-state index contributed by atoms with van der Waals surface area (Å²) >= 11 is 5.80. The van der Waals surface area contributed by atoms with Gasteiger partial charge in [0.25, 0.3) is 0 Å². The average Bonchev–Trinajstić information content (AvgIpc) is 3.54. The maximum absolute atomic E-state index is 13.2. The van der Waals surface area contributed by atoms with Crippen molar-refractivity contribution in [2.75, 3.05) is 31.1 Å². The molecule has 2 aromatic heterocycles. The highest BCUT2D eigenvalue weighted by Crippen LogP contribution is 2.38. The van der Waals surface area contributed by atoms with E-state index in [1.165, 1.54) is 29.9 Å². The van der Waals surface area contributed by atoms with Gasteiger partial charge in [-0.3, -0.25) is 9.55 Å². The van der Waals surface area contributed by atoms with Gasteiger partial charge in [-0.1, -0.05) is 0 Å². The van der Waals surface area contributed by atoms with Crippen molar-refractivity contribution in [1.82, 2.24) is 19.3 Å². The third-order valence-electron chi connectivity index (χ3n) is 5.76. The number of piperazine rings is 1. The predicted molar refractivity (Wildman–Crippen MR) is 112 cm³/mol. The van der Waals surface area contributed by atoms with Gasteiger partial charge in [-0.25, -0.2) is 4.39 Å². The molecule has 29 heavy (non-hydrogen) atoms. The van der Waals surface area contributed by atoms with E-state index >= 15 is 0 Å². The molecule has 0 unspecified atom stereocenters. The molecule has 2 aliphatic rings. The molecule has 6 nitrogen and oxygen atoms in total. The van der Waals surface area contributed by atoms with Crippen molar-refractivity contribution in [3.63, 3.8) is 0 Å². The quantitative estimate of drug-likeness (QED) is 0.655. The van der Waals surface area contributed by atoms with Gasteiger partial charge >= 0.3 is 0 Å². The van der Waals surface area contributed by atoms with E-state index in [0.717, 1.165) is 54.7 Å². The number of hydrogen-bond acceptors (Lipinski definition) is 4. The number of anilines is 1. The minimum atomic E-state index is -0.191. The van der Waals surface area contributed by atoms with Gasteiger partial charge < -0.3 is 9.80 Å². The van der Waals surface area contributed by atoms with E-state index in [-0.39, 0.29) is 5.82 Å². The summed E-state index contributed by atoms with van der Waals surface area (Å²) in [5, 5.41) is 4.89. The lowest BCUT2D eigenvalue weighted by Gasteiger charge is -2.33. The Morgan fingerprint density at radius 2 is 1.72 bits per heavy atom. The number of nitrogens with zero attached hydrogens (tertiary/aromatic N) is 5. The Labute approximate surface area is 174 Å². The number of pyridine rings is 1. The molecule has 1 saturated carbocycles. The van der Waals surface area contributed by atoms with Gasteiger partial charge in [0.15, 0.2) is 12.5 Å². The lowest BCUT2D eigenvalue weighted by molar-refractivity contribution is -0.924. The lowest BCUT2D eigenvalue weighted by Crippen LogP contribution is -3.14. The second-order valence-corrected chi connectivity index (χ2v) is 8.18. The second-order valence-electron chi connectivity index (χ2n) is 7.81. The first kappa shape index (κ1) is 18.4. The van der Waals surface area contributed by atoms with Crippen LogP contribution in [-0.2, 0) is 6.67 Å². The molecule has 1 aliphatic carbocycles. The molecule has 0 radical (unpaired) electrons. The Hall–Kier alpha value is -2.58. The van der Waals surface area contributed by atoms with E-state index in [2.05, 4.69) is 14.5 Å². The van der Waals surface area contributed by atoms with Crippen molar-refractivity contribution in [3.05, 3.63) is 59.4 Å². The van der Waals surface area contributed by atoms with Gasteiger partial charge in [-0.2, -0.15) is 4.68 Å². The van der Waals surface area contributed by atoms with Crippen LogP contribution in [0, 0.1) is 10.6 Å². The molecule has 150 valence electrons. The van der Waals surface area contributed by atoms with Crippen molar-refractivity contribution in [1.29, 1.82) is 0 Å². The second kappa shape index (κ2) is 7.68. The summed E-state index contributed by atoms with van der Waals surface area (Å²) in [6.07, 6.45) is 5.94. The minimum Gasteiger partial charge on any atom is -0.360 e.